The Hall–Kier alpha value is -0.860. The summed E-state index contributed by atoms with van der Waals surface area (Å²) in [5, 5.41) is 3.63. The zero-order valence-electron chi connectivity index (χ0n) is 11.6. The molecular formula is C17H24N2. The van der Waals surface area contributed by atoms with Gasteiger partial charge in [-0.05, 0) is 49.3 Å². The van der Waals surface area contributed by atoms with Gasteiger partial charge in [-0.25, -0.2) is 0 Å². The molecule has 1 aromatic carbocycles. The molecule has 1 saturated heterocycles. The van der Waals surface area contributed by atoms with Gasteiger partial charge in [0, 0.05) is 25.2 Å². The molecule has 0 aromatic heterocycles. The molecule has 0 radical (unpaired) electrons. The number of fused-ring (bicyclic) bond motifs is 2. The van der Waals surface area contributed by atoms with Crippen molar-refractivity contribution in [1.29, 1.82) is 0 Å². The average molecular weight is 256 g/mol. The fourth-order valence-electron chi connectivity index (χ4n) is 4.65. The van der Waals surface area contributed by atoms with Crippen LogP contribution in [0.4, 0.5) is 0 Å². The van der Waals surface area contributed by atoms with Gasteiger partial charge in [0.1, 0.15) is 0 Å². The molecule has 3 atom stereocenters. The molecule has 3 unspecified atom stereocenters. The van der Waals surface area contributed by atoms with E-state index in [1.165, 1.54) is 44.2 Å². The van der Waals surface area contributed by atoms with Crippen molar-refractivity contribution in [3.05, 3.63) is 35.4 Å². The van der Waals surface area contributed by atoms with Crippen LogP contribution in [-0.2, 0) is 6.54 Å². The lowest BCUT2D eigenvalue weighted by Gasteiger charge is -2.45. The van der Waals surface area contributed by atoms with Gasteiger partial charge < -0.3 is 5.32 Å². The Balaban J connectivity index is 1.65. The van der Waals surface area contributed by atoms with E-state index in [9.17, 15) is 0 Å². The van der Waals surface area contributed by atoms with E-state index in [0.29, 0.717) is 6.04 Å². The highest BCUT2D eigenvalue weighted by Gasteiger charge is 2.39. The first kappa shape index (κ1) is 11.9. The Labute approximate surface area is 116 Å². The van der Waals surface area contributed by atoms with Crippen molar-refractivity contribution in [3.63, 3.8) is 0 Å². The van der Waals surface area contributed by atoms with Gasteiger partial charge in [-0.3, -0.25) is 4.90 Å². The molecular weight excluding hydrogens is 232 g/mol. The first-order valence-corrected chi connectivity index (χ1v) is 7.98. The second-order valence-electron chi connectivity index (χ2n) is 6.48. The maximum atomic E-state index is 3.63. The summed E-state index contributed by atoms with van der Waals surface area (Å²) in [5.74, 6) is 0.989. The van der Waals surface area contributed by atoms with E-state index in [2.05, 4.69) is 34.5 Å². The Morgan fingerprint density at radius 3 is 2.95 bits per heavy atom. The van der Waals surface area contributed by atoms with Crippen molar-refractivity contribution in [2.45, 2.75) is 50.7 Å². The van der Waals surface area contributed by atoms with Gasteiger partial charge >= 0.3 is 0 Å². The summed E-state index contributed by atoms with van der Waals surface area (Å²) in [6, 6.07) is 10.5. The number of hydrogen-bond acceptors (Lipinski definition) is 2. The van der Waals surface area contributed by atoms with Gasteiger partial charge in [0.05, 0.1) is 0 Å². The smallest absolute Gasteiger partial charge is 0.0479 e. The lowest BCUT2D eigenvalue weighted by Crippen LogP contribution is -2.49. The lowest BCUT2D eigenvalue weighted by atomic mass is 9.87. The second-order valence-corrected chi connectivity index (χ2v) is 6.48. The maximum absolute atomic E-state index is 3.63. The van der Waals surface area contributed by atoms with E-state index in [-0.39, 0.29) is 0 Å². The molecule has 0 amide bonds. The van der Waals surface area contributed by atoms with Crippen molar-refractivity contribution >= 4 is 0 Å². The molecule has 3 aliphatic rings. The number of benzene rings is 1. The molecule has 1 aromatic rings. The molecule has 19 heavy (non-hydrogen) atoms. The van der Waals surface area contributed by atoms with E-state index in [4.69, 9.17) is 0 Å². The lowest BCUT2D eigenvalue weighted by molar-refractivity contribution is 0.0628. The summed E-state index contributed by atoms with van der Waals surface area (Å²) in [7, 11) is 0. The van der Waals surface area contributed by atoms with Crippen LogP contribution >= 0.6 is 0 Å². The van der Waals surface area contributed by atoms with Gasteiger partial charge in [-0.15, -0.1) is 0 Å². The molecule has 1 aliphatic carbocycles. The van der Waals surface area contributed by atoms with Crippen molar-refractivity contribution in [3.8, 4) is 0 Å². The second kappa shape index (κ2) is 4.92. The Morgan fingerprint density at radius 2 is 1.95 bits per heavy atom. The highest BCUT2D eigenvalue weighted by molar-refractivity contribution is 5.32. The van der Waals surface area contributed by atoms with Crippen molar-refractivity contribution in [2.24, 2.45) is 5.92 Å². The first-order chi connectivity index (χ1) is 9.43. The fraction of sp³-hybridized carbons (Fsp3) is 0.647. The minimum absolute atomic E-state index is 0.621. The summed E-state index contributed by atoms with van der Waals surface area (Å²) in [4.78, 5) is 2.84. The average Bonchev–Trinajstić information content (AvgIpc) is 2.95. The molecule has 2 heteroatoms. The van der Waals surface area contributed by atoms with E-state index in [0.717, 1.165) is 25.0 Å². The monoisotopic (exact) mass is 256 g/mol. The molecule has 1 N–H and O–H groups in total. The van der Waals surface area contributed by atoms with Gasteiger partial charge in [0.15, 0.2) is 0 Å². The Bertz CT molecular complexity index is 456. The molecule has 102 valence electrons. The molecule has 2 fully saturated rings. The molecule has 2 heterocycles. The molecule has 2 nitrogen and oxygen atoms in total. The number of piperidine rings is 1. The Kier molecular flexibility index (Phi) is 3.08. The number of rotatable bonds is 1. The van der Waals surface area contributed by atoms with E-state index < -0.39 is 0 Å². The normalized spacial score (nSPS) is 34.8. The van der Waals surface area contributed by atoms with Crippen LogP contribution in [0.3, 0.4) is 0 Å². The minimum atomic E-state index is 0.621. The highest BCUT2D eigenvalue weighted by Crippen LogP contribution is 2.41. The quantitative estimate of drug-likeness (QED) is 0.830. The molecule has 0 spiro atoms. The van der Waals surface area contributed by atoms with E-state index in [1.54, 1.807) is 5.56 Å². The highest BCUT2D eigenvalue weighted by atomic mass is 15.2. The fourth-order valence-corrected chi connectivity index (χ4v) is 4.65. The van der Waals surface area contributed by atoms with E-state index >= 15 is 0 Å². The zero-order valence-corrected chi connectivity index (χ0v) is 11.6. The van der Waals surface area contributed by atoms with Gasteiger partial charge in [-0.2, -0.15) is 0 Å². The maximum Gasteiger partial charge on any atom is 0.0479 e. The van der Waals surface area contributed by atoms with Crippen molar-refractivity contribution in [2.75, 3.05) is 13.1 Å². The summed E-state index contributed by atoms with van der Waals surface area (Å²) >= 11 is 0. The summed E-state index contributed by atoms with van der Waals surface area (Å²) < 4.78 is 0. The largest absolute Gasteiger partial charge is 0.311 e. The van der Waals surface area contributed by atoms with Crippen LogP contribution in [0.15, 0.2) is 24.3 Å². The van der Waals surface area contributed by atoms with Gasteiger partial charge in [0.25, 0.3) is 0 Å². The van der Waals surface area contributed by atoms with Crippen LogP contribution in [0.5, 0.6) is 0 Å². The van der Waals surface area contributed by atoms with E-state index in [1.807, 2.05) is 0 Å². The third-order valence-corrected chi connectivity index (χ3v) is 5.50. The molecule has 4 rings (SSSR count). The predicted molar refractivity (Wildman–Crippen MR) is 78.0 cm³/mol. The number of nitrogens with zero attached hydrogens (tertiary/aromatic N) is 1. The summed E-state index contributed by atoms with van der Waals surface area (Å²) in [6.45, 7) is 3.50. The van der Waals surface area contributed by atoms with Crippen LogP contribution < -0.4 is 5.32 Å². The standard InChI is InChI=1S/C17H24N2/c1-2-8-15-14(5-1)11-18-12-17(15)19-10-4-7-13-6-3-9-16(13)19/h1-2,5,8,13,16-18H,3-4,6-7,9-12H2. The number of nitrogens with one attached hydrogen (secondary N) is 1. The van der Waals surface area contributed by atoms with Crippen molar-refractivity contribution in [1.82, 2.24) is 10.2 Å². The van der Waals surface area contributed by atoms with Gasteiger partial charge in [-0.1, -0.05) is 30.7 Å². The van der Waals surface area contributed by atoms with Crippen LogP contribution in [-0.4, -0.2) is 24.0 Å². The number of hydrogen-bond donors (Lipinski definition) is 1. The third-order valence-electron chi connectivity index (χ3n) is 5.50. The first-order valence-electron chi connectivity index (χ1n) is 7.98. The Morgan fingerprint density at radius 1 is 1.05 bits per heavy atom. The topological polar surface area (TPSA) is 15.3 Å². The molecule has 2 aliphatic heterocycles. The van der Waals surface area contributed by atoms with Gasteiger partial charge in [0.2, 0.25) is 0 Å². The minimum Gasteiger partial charge on any atom is -0.311 e. The number of likely N-dealkylation sites (tertiary alicyclic amines) is 1. The van der Waals surface area contributed by atoms with Crippen LogP contribution in [0.2, 0.25) is 0 Å². The van der Waals surface area contributed by atoms with Crippen LogP contribution in [0.25, 0.3) is 0 Å². The van der Waals surface area contributed by atoms with Crippen LogP contribution in [0, 0.1) is 5.92 Å². The predicted octanol–water partition coefficient (Wildman–Crippen LogP) is 3.10. The van der Waals surface area contributed by atoms with Crippen LogP contribution in [0.1, 0.15) is 49.3 Å². The van der Waals surface area contributed by atoms with Crippen molar-refractivity contribution < 1.29 is 0 Å². The molecule has 1 saturated carbocycles. The third kappa shape index (κ3) is 2.02. The summed E-state index contributed by atoms with van der Waals surface area (Å²) in [6.07, 6.45) is 7.24. The zero-order chi connectivity index (χ0) is 12.7. The SMILES string of the molecule is c1ccc2c(c1)CNCC2N1CCCC2CCCC21. The molecule has 0 bridgehead atoms. The summed E-state index contributed by atoms with van der Waals surface area (Å²) in [5.41, 5.74) is 3.10.